The van der Waals surface area contributed by atoms with E-state index in [9.17, 15) is 9.59 Å². The molecular formula is C29H38N4O3S. The number of fused-ring (bicyclic) bond motifs is 4. The second kappa shape index (κ2) is 10.0. The van der Waals surface area contributed by atoms with Crippen molar-refractivity contribution in [3.63, 3.8) is 0 Å². The fraction of sp³-hybridized carbons (Fsp3) is 0.621. The Kier molecular flexibility index (Phi) is 6.74. The fourth-order valence-electron chi connectivity index (χ4n) is 7.52. The Balaban J connectivity index is 1.18. The molecule has 6 rings (SSSR count). The number of carbonyl (C=O) groups is 2. The van der Waals surface area contributed by atoms with Crippen molar-refractivity contribution < 1.29 is 14.3 Å². The molecule has 0 aliphatic carbocycles. The number of ether oxygens (including phenoxy) is 1. The Morgan fingerprint density at radius 1 is 1.08 bits per heavy atom. The number of likely N-dealkylation sites (tertiary alicyclic amines) is 1. The highest BCUT2D eigenvalue weighted by Gasteiger charge is 2.46. The lowest BCUT2D eigenvalue weighted by molar-refractivity contribution is 0.0484. The highest BCUT2D eigenvalue weighted by atomic mass is 32.1. The van der Waals surface area contributed by atoms with Crippen molar-refractivity contribution in [2.45, 2.75) is 88.9 Å². The third-order valence-electron chi connectivity index (χ3n) is 9.32. The largest absolute Gasteiger partial charge is 0.450 e. The van der Waals surface area contributed by atoms with Gasteiger partial charge in [-0.15, -0.1) is 11.3 Å². The van der Waals surface area contributed by atoms with Crippen LogP contribution in [0.4, 0.5) is 4.79 Å². The van der Waals surface area contributed by atoms with E-state index < -0.39 is 0 Å². The Bertz CT molecular complexity index is 1160. The summed E-state index contributed by atoms with van der Waals surface area (Å²) in [7, 11) is 0. The molecule has 3 fully saturated rings. The highest BCUT2D eigenvalue weighted by molar-refractivity contribution is 7.09. The van der Waals surface area contributed by atoms with Gasteiger partial charge in [-0.05, 0) is 83.0 Å². The Hall–Kier alpha value is -2.45. The molecule has 3 atom stereocenters. The van der Waals surface area contributed by atoms with Crippen LogP contribution in [0.5, 0.6) is 0 Å². The van der Waals surface area contributed by atoms with Crippen LogP contribution in [0.25, 0.3) is 0 Å². The molecule has 5 heterocycles. The molecule has 0 radical (unpaired) electrons. The molecule has 0 saturated carbocycles. The van der Waals surface area contributed by atoms with Gasteiger partial charge >= 0.3 is 6.09 Å². The quantitative estimate of drug-likeness (QED) is 0.569. The molecule has 3 unspecified atom stereocenters. The summed E-state index contributed by atoms with van der Waals surface area (Å²) in [5, 5.41) is 2.83. The third-order valence-corrected chi connectivity index (χ3v) is 10.1. The van der Waals surface area contributed by atoms with Crippen LogP contribution in [0.1, 0.15) is 78.5 Å². The second-order valence-corrected chi connectivity index (χ2v) is 12.4. The monoisotopic (exact) mass is 522 g/mol. The lowest BCUT2D eigenvalue weighted by Crippen LogP contribution is -2.55. The van der Waals surface area contributed by atoms with E-state index in [1.54, 1.807) is 0 Å². The van der Waals surface area contributed by atoms with E-state index >= 15 is 0 Å². The van der Waals surface area contributed by atoms with Gasteiger partial charge < -0.3 is 19.4 Å². The number of aryl methyl sites for hydroxylation is 1. The number of amides is 2. The molecule has 37 heavy (non-hydrogen) atoms. The summed E-state index contributed by atoms with van der Waals surface area (Å²) in [6.07, 6.45) is 7.45. The van der Waals surface area contributed by atoms with Gasteiger partial charge in [-0.3, -0.25) is 4.79 Å². The van der Waals surface area contributed by atoms with Crippen molar-refractivity contribution in [2.24, 2.45) is 0 Å². The van der Waals surface area contributed by atoms with Gasteiger partial charge in [0, 0.05) is 42.0 Å². The Morgan fingerprint density at radius 3 is 2.54 bits per heavy atom. The molecule has 198 valence electrons. The summed E-state index contributed by atoms with van der Waals surface area (Å²) in [6, 6.07) is 9.89. The molecular weight excluding hydrogens is 484 g/mol. The number of benzene rings is 1. The zero-order valence-corrected chi connectivity index (χ0v) is 22.8. The van der Waals surface area contributed by atoms with Crippen LogP contribution < -0.4 is 0 Å². The van der Waals surface area contributed by atoms with Crippen LogP contribution in [0.3, 0.4) is 0 Å². The molecule has 8 heteroatoms. The molecule has 1 aromatic carbocycles. The maximum Gasteiger partial charge on any atom is 0.410 e. The van der Waals surface area contributed by atoms with Gasteiger partial charge in [0.1, 0.15) is 5.69 Å². The van der Waals surface area contributed by atoms with Gasteiger partial charge in [-0.2, -0.15) is 0 Å². The number of aromatic nitrogens is 1. The van der Waals surface area contributed by atoms with Gasteiger partial charge in [0.15, 0.2) is 0 Å². The summed E-state index contributed by atoms with van der Waals surface area (Å²) < 4.78 is 5.41. The first kappa shape index (κ1) is 24.9. The van der Waals surface area contributed by atoms with Crippen molar-refractivity contribution in [2.75, 3.05) is 26.2 Å². The predicted molar refractivity (Wildman–Crippen MR) is 144 cm³/mol. The molecule has 1 aromatic heterocycles. The van der Waals surface area contributed by atoms with Crippen LogP contribution in [0.2, 0.25) is 0 Å². The van der Waals surface area contributed by atoms with E-state index in [4.69, 9.17) is 4.74 Å². The zero-order chi connectivity index (χ0) is 25.6. The topological polar surface area (TPSA) is 66.0 Å². The number of thiazole rings is 1. The van der Waals surface area contributed by atoms with E-state index in [-0.39, 0.29) is 17.4 Å². The summed E-state index contributed by atoms with van der Waals surface area (Å²) in [4.78, 5) is 37.4. The molecule has 3 saturated heterocycles. The smallest absolute Gasteiger partial charge is 0.410 e. The average molecular weight is 523 g/mol. The summed E-state index contributed by atoms with van der Waals surface area (Å²) in [6.45, 7) is 7.78. The van der Waals surface area contributed by atoms with Crippen LogP contribution in [0, 0.1) is 6.92 Å². The summed E-state index contributed by atoms with van der Waals surface area (Å²) >= 11 is 1.54. The van der Waals surface area contributed by atoms with Crippen LogP contribution in [0.15, 0.2) is 29.6 Å². The molecule has 2 aromatic rings. The van der Waals surface area contributed by atoms with E-state index in [2.05, 4.69) is 39.0 Å². The van der Waals surface area contributed by atoms with Crippen molar-refractivity contribution in [1.29, 1.82) is 0 Å². The summed E-state index contributed by atoms with van der Waals surface area (Å²) in [5.74, 6) is 0.0551. The van der Waals surface area contributed by atoms with Crippen LogP contribution >= 0.6 is 11.3 Å². The van der Waals surface area contributed by atoms with Crippen LogP contribution in [-0.4, -0.2) is 76.1 Å². The van der Waals surface area contributed by atoms with Crippen LogP contribution in [-0.2, 0) is 16.7 Å². The maximum absolute atomic E-state index is 13.4. The molecule has 2 amide bonds. The average Bonchev–Trinajstić information content (AvgIpc) is 3.46. The fourth-order valence-corrected chi connectivity index (χ4v) is 8.11. The number of nitrogens with zero attached hydrogens (tertiary/aromatic N) is 4. The predicted octanol–water partition coefficient (Wildman–Crippen LogP) is 4.98. The molecule has 2 bridgehead atoms. The van der Waals surface area contributed by atoms with E-state index in [0.717, 1.165) is 69.6 Å². The van der Waals surface area contributed by atoms with E-state index in [1.807, 2.05) is 24.1 Å². The van der Waals surface area contributed by atoms with Crippen molar-refractivity contribution in [3.05, 3.63) is 51.5 Å². The molecule has 4 aliphatic heterocycles. The van der Waals surface area contributed by atoms with Gasteiger partial charge in [0.25, 0.3) is 5.91 Å². The molecule has 7 nitrogen and oxygen atoms in total. The number of hydrogen-bond acceptors (Lipinski definition) is 6. The third kappa shape index (κ3) is 4.56. The van der Waals surface area contributed by atoms with Gasteiger partial charge in [-0.25, -0.2) is 9.78 Å². The molecule has 1 spiro atoms. The summed E-state index contributed by atoms with van der Waals surface area (Å²) in [5.41, 5.74) is 3.28. The van der Waals surface area contributed by atoms with Gasteiger partial charge in [0.2, 0.25) is 0 Å². The van der Waals surface area contributed by atoms with Crippen molar-refractivity contribution >= 4 is 23.3 Å². The lowest BCUT2D eigenvalue weighted by Gasteiger charge is -2.50. The first-order valence-electron chi connectivity index (χ1n) is 14.0. The normalized spacial score (nSPS) is 27.1. The minimum absolute atomic E-state index is 0.00717. The molecule has 0 N–H and O–H groups in total. The highest BCUT2D eigenvalue weighted by Crippen LogP contribution is 2.44. The Morgan fingerprint density at radius 2 is 1.81 bits per heavy atom. The SMILES string of the molecule is CCOC(=O)N1C2CCC(N3CCC4(CC3)CN(C(=O)c3csc(C)n3)Cc3ccccc34)CC1CC2. The first-order valence-corrected chi connectivity index (χ1v) is 14.8. The maximum atomic E-state index is 13.4. The van der Waals surface area contributed by atoms with Gasteiger partial charge in [0.05, 0.1) is 11.6 Å². The lowest BCUT2D eigenvalue weighted by atomic mass is 9.68. The van der Waals surface area contributed by atoms with Crippen molar-refractivity contribution in [3.8, 4) is 0 Å². The number of carbonyl (C=O) groups excluding carboxylic acids is 2. The molecule has 4 aliphatic rings. The van der Waals surface area contributed by atoms with Gasteiger partial charge in [-0.1, -0.05) is 24.3 Å². The first-order chi connectivity index (χ1) is 18.0. The minimum atomic E-state index is -0.118. The number of hydrogen-bond donors (Lipinski definition) is 0. The Labute approximate surface area is 223 Å². The minimum Gasteiger partial charge on any atom is -0.450 e. The number of piperidine rings is 1. The van der Waals surface area contributed by atoms with E-state index in [0.29, 0.717) is 37.0 Å². The standard InChI is InChI=1S/C29H38N4O3S/c1-3-36-28(35)33-22-8-10-23(16-24(33)11-9-22)31-14-12-29(13-15-31)19-32(17-21-6-4-5-7-25(21)29)27(34)26-18-37-20(2)30-26/h4-7,18,22-24H,3,8-17,19H2,1-2H3. The zero-order valence-electron chi connectivity index (χ0n) is 22.0. The van der Waals surface area contributed by atoms with Crippen molar-refractivity contribution in [1.82, 2.24) is 19.7 Å². The number of rotatable bonds is 3. The van der Waals surface area contributed by atoms with E-state index in [1.165, 1.54) is 22.5 Å². The second-order valence-electron chi connectivity index (χ2n) is 11.3.